The third-order valence-electron chi connectivity index (χ3n) is 7.11. The molecule has 0 bridgehead atoms. The molecular weight excluding hydrogens is 386 g/mol. The smallest absolute Gasteiger partial charge is 0.309 e. The lowest BCUT2D eigenvalue weighted by Gasteiger charge is -2.44. The Kier molecular flexibility index (Phi) is 6.42. The van der Waals surface area contributed by atoms with E-state index in [1.807, 2.05) is 53.4 Å². The van der Waals surface area contributed by atoms with Gasteiger partial charge in [-0.3, -0.25) is 9.69 Å². The van der Waals surface area contributed by atoms with E-state index in [0.29, 0.717) is 32.0 Å². The summed E-state index contributed by atoms with van der Waals surface area (Å²) in [6, 6.07) is 20.4. The molecule has 2 saturated heterocycles. The van der Waals surface area contributed by atoms with Crippen LogP contribution in [-0.4, -0.2) is 57.9 Å². The van der Waals surface area contributed by atoms with Crippen molar-refractivity contribution in [1.82, 2.24) is 14.7 Å². The van der Waals surface area contributed by atoms with Crippen LogP contribution in [0.5, 0.6) is 0 Å². The van der Waals surface area contributed by atoms with Crippen LogP contribution in [0.4, 0.5) is 4.79 Å². The summed E-state index contributed by atoms with van der Waals surface area (Å²) in [4.78, 5) is 33.0. The molecule has 2 fully saturated rings. The molecule has 5 heteroatoms. The molecule has 2 heterocycles. The first kappa shape index (κ1) is 21.6. The second-order valence-electron chi connectivity index (χ2n) is 8.87. The van der Waals surface area contributed by atoms with Gasteiger partial charge in [-0.25, -0.2) is 4.79 Å². The molecule has 31 heavy (non-hydrogen) atoms. The zero-order valence-corrected chi connectivity index (χ0v) is 18.7. The van der Waals surface area contributed by atoms with Crippen LogP contribution in [-0.2, 0) is 17.8 Å². The van der Waals surface area contributed by atoms with Gasteiger partial charge in [-0.15, -0.1) is 0 Å². The summed E-state index contributed by atoms with van der Waals surface area (Å²) >= 11 is 0. The average molecular weight is 420 g/mol. The van der Waals surface area contributed by atoms with E-state index >= 15 is 0 Å². The van der Waals surface area contributed by atoms with E-state index in [-0.39, 0.29) is 11.9 Å². The number of imide groups is 1. The second kappa shape index (κ2) is 9.23. The lowest BCUT2D eigenvalue weighted by molar-refractivity contribution is -0.136. The molecule has 0 aliphatic carbocycles. The number of likely N-dealkylation sites (tertiary alicyclic amines) is 1. The van der Waals surface area contributed by atoms with Crippen LogP contribution in [0.15, 0.2) is 60.7 Å². The maximum absolute atomic E-state index is 13.7. The third-order valence-corrected chi connectivity index (χ3v) is 7.11. The Morgan fingerprint density at radius 2 is 1.48 bits per heavy atom. The van der Waals surface area contributed by atoms with Gasteiger partial charge >= 0.3 is 6.03 Å². The molecule has 3 amide bonds. The Morgan fingerprint density at radius 3 is 2.06 bits per heavy atom. The number of hydrogen-bond acceptors (Lipinski definition) is 3. The molecule has 1 atom stereocenters. The Balaban J connectivity index is 1.57. The SMILES string of the molecule is CC[C@@H](C)N1CCC2(CC1)C(=O)N(Cc1ccccc1)C(=O)N2CCc1ccccc1. The number of hydrogen-bond donors (Lipinski definition) is 0. The lowest BCUT2D eigenvalue weighted by Crippen LogP contribution is -2.58. The van der Waals surface area contributed by atoms with Crippen LogP contribution in [0.25, 0.3) is 0 Å². The van der Waals surface area contributed by atoms with Gasteiger partial charge in [0, 0.05) is 25.7 Å². The number of urea groups is 1. The molecule has 164 valence electrons. The summed E-state index contributed by atoms with van der Waals surface area (Å²) in [6.45, 7) is 7.08. The highest BCUT2D eigenvalue weighted by atomic mass is 16.2. The van der Waals surface area contributed by atoms with E-state index in [9.17, 15) is 9.59 Å². The lowest BCUT2D eigenvalue weighted by atomic mass is 9.85. The Bertz CT molecular complexity index is 891. The van der Waals surface area contributed by atoms with E-state index in [2.05, 4.69) is 30.9 Å². The second-order valence-corrected chi connectivity index (χ2v) is 8.87. The van der Waals surface area contributed by atoms with Crippen molar-refractivity contribution >= 4 is 11.9 Å². The summed E-state index contributed by atoms with van der Waals surface area (Å²) in [7, 11) is 0. The van der Waals surface area contributed by atoms with Gasteiger partial charge in [0.25, 0.3) is 5.91 Å². The average Bonchev–Trinajstić information content (AvgIpc) is 3.00. The largest absolute Gasteiger partial charge is 0.328 e. The molecule has 0 saturated carbocycles. The fourth-order valence-electron chi connectivity index (χ4n) is 4.96. The summed E-state index contributed by atoms with van der Waals surface area (Å²) in [5.41, 5.74) is 1.47. The molecular formula is C26H33N3O2. The predicted molar refractivity (Wildman–Crippen MR) is 123 cm³/mol. The van der Waals surface area contributed by atoms with Gasteiger partial charge in [0.15, 0.2) is 0 Å². The molecule has 0 N–H and O–H groups in total. The topological polar surface area (TPSA) is 43.9 Å². The number of carbonyl (C=O) groups excluding carboxylic acids is 2. The molecule has 0 unspecified atom stereocenters. The van der Waals surface area contributed by atoms with Crippen LogP contribution >= 0.6 is 0 Å². The van der Waals surface area contributed by atoms with Gasteiger partial charge < -0.3 is 9.80 Å². The van der Waals surface area contributed by atoms with Crippen molar-refractivity contribution in [2.45, 2.75) is 57.7 Å². The van der Waals surface area contributed by atoms with Crippen molar-refractivity contribution in [3.8, 4) is 0 Å². The molecule has 1 spiro atoms. The first-order chi connectivity index (χ1) is 15.0. The minimum atomic E-state index is -0.704. The molecule has 0 aromatic heterocycles. The van der Waals surface area contributed by atoms with Crippen molar-refractivity contribution in [2.24, 2.45) is 0 Å². The van der Waals surface area contributed by atoms with Crippen molar-refractivity contribution in [3.05, 3.63) is 71.8 Å². The van der Waals surface area contributed by atoms with E-state index in [4.69, 9.17) is 0 Å². The minimum Gasteiger partial charge on any atom is -0.309 e. The highest BCUT2D eigenvalue weighted by Crippen LogP contribution is 2.38. The van der Waals surface area contributed by atoms with E-state index in [1.54, 1.807) is 0 Å². The highest BCUT2D eigenvalue weighted by Gasteiger charge is 2.57. The van der Waals surface area contributed by atoms with Crippen LogP contribution in [0.1, 0.15) is 44.2 Å². The standard InChI is InChI=1S/C26H33N3O2/c1-3-21(2)27-18-15-26(16-19-27)24(30)28(20-23-12-8-5-9-13-23)25(31)29(26)17-14-22-10-6-4-7-11-22/h4-13,21H,3,14-20H2,1-2H3/t21-/m1/s1. The first-order valence-corrected chi connectivity index (χ1v) is 11.5. The van der Waals surface area contributed by atoms with Crippen LogP contribution in [0.3, 0.4) is 0 Å². The van der Waals surface area contributed by atoms with Crippen molar-refractivity contribution in [2.75, 3.05) is 19.6 Å². The maximum Gasteiger partial charge on any atom is 0.328 e. The normalized spacial score (nSPS) is 19.9. The molecule has 2 aromatic carbocycles. The fourth-order valence-corrected chi connectivity index (χ4v) is 4.96. The molecule has 2 aromatic rings. The Labute approximate surface area is 185 Å². The maximum atomic E-state index is 13.7. The van der Waals surface area contributed by atoms with E-state index in [1.165, 1.54) is 10.5 Å². The number of amides is 3. The molecule has 4 rings (SSSR count). The van der Waals surface area contributed by atoms with Gasteiger partial charge in [0.2, 0.25) is 0 Å². The van der Waals surface area contributed by atoms with Gasteiger partial charge in [0.05, 0.1) is 6.54 Å². The highest BCUT2D eigenvalue weighted by molar-refractivity contribution is 6.07. The third kappa shape index (κ3) is 4.24. The van der Waals surface area contributed by atoms with Crippen LogP contribution < -0.4 is 0 Å². The predicted octanol–water partition coefficient (Wildman–Crippen LogP) is 4.33. The van der Waals surface area contributed by atoms with Crippen LogP contribution in [0, 0.1) is 0 Å². The molecule has 2 aliphatic heterocycles. The molecule has 5 nitrogen and oxygen atoms in total. The van der Waals surface area contributed by atoms with Gasteiger partial charge in [0.1, 0.15) is 5.54 Å². The zero-order valence-electron chi connectivity index (χ0n) is 18.7. The first-order valence-electron chi connectivity index (χ1n) is 11.5. The number of nitrogens with zero attached hydrogens (tertiary/aromatic N) is 3. The van der Waals surface area contributed by atoms with Gasteiger partial charge in [-0.2, -0.15) is 0 Å². The Morgan fingerprint density at radius 1 is 0.903 bits per heavy atom. The quantitative estimate of drug-likeness (QED) is 0.628. The number of carbonyl (C=O) groups is 2. The number of benzene rings is 2. The summed E-state index contributed by atoms with van der Waals surface area (Å²) in [6.07, 6.45) is 3.28. The monoisotopic (exact) mass is 419 g/mol. The molecule has 0 radical (unpaired) electrons. The minimum absolute atomic E-state index is 0.0155. The van der Waals surface area contributed by atoms with Crippen molar-refractivity contribution < 1.29 is 9.59 Å². The van der Waals surface area contributed by atoms with Gasteiger partial charge in [-0.1, -0.05) is 67.6 Å². The Hall–Kier alpha value is -2.66. The fraction of sp³-hybridized carbons (Fsp3) is 0.462. The van der Waals surface area contributed by atoms with Crippen molar-refractivity contribution in [1.29, 1.82) is 0 Å². The molecule has 2 aliphatic rings. The summed E-state index contributed by atoms with van der Waals surface area (Å²) < 4.78 is 0. The number of rotatable bonds is 7. The van der Waals surface area contributed by atoms with E-state index in [0.717, 1.165) is 31.5 Å². The number of piperidine rings is 1. The summed E-state index contributed by atoms with van der Waals surface area (Å²) in [5, 5.41) is 0. The van der Waals surface area contributed by atoms with Gasteiger partial charge in [-0.05, 0) is 43.7 Å². The van der Waals surface area contributed by atoms with E-state index < -0.39 is 5.54 Å². The summed E-state index contributed by atoms with van der Waals surface area (Å²) in [5.74, 6) is -0.0155. The zero-order chi connectivity index (χ0) is 21.8. The van der Waals surface area contributed by atoms with Crippen molar-refractivity contribution in [3.63, 3.8) is 0 Å². The van der Waals surface area contributed by atoms with Crippen LogP contribution in [0.2, 0.25) is 0 Å².